The summed E-state index contributed by atoms with van der Waals surface area (Å²) in [6.45, 7) is 3.44. The minimum atomic E-state index is -2.66. The number of hydrogen-bond acceptors (Lipinski definition) is 3. The van der Waals surface area contributed by atoms with Crippen LogP contribution in [-0.4, -0.2) is 17.6 Å². The van der Waals surface area contributed by atoms with Gasteiger partial charge in [0.15, 0.2) is 0 Å². The molecule has 0 saturated heterocycles. The molecule has 0 aliphatic rings. The molecular formula is C11H12BrF2NO2. The molecule has 17 heavy (non-hydrogen) atoms. The zero-order chi connectivity index (χ0) is 13.0. The zero-order valence-corrected chi connectivity index (χ0v) is 11.1. The Balaban J connectivity index is 3.07. The number of alkyl halides is 2. The summed E-state index contributed by atoms with van der Waals surface area (Å²) in [5, 5.41) is 0. The molecule has 0 saturated carbocycles. The molecule has 1 aromatic rings. The van der Waals surface area contributed by atoms with Gasteiger partial charge in [-0.3, -0.25) is 9.78 Å². The minimum absolute atomic E-state index is 0.0687. The van der Waals surface area contributed by atoms with E-state index >= 15 is 0 Å². The number of halogens is 3. The van der Waals surface area contributed by atoms with Gasteiger partial charge in [-0.25, -0.2) is 8.78 Å². The zero-order valence-electron chi connectivity index (χ0n) is 9.47. The Morgan fingerprint density at radius 3 is 2.76 bits per heavy atom. The molecule has 0 unspecified atom stereocenters. The van der Waals surface area contributed by atoms with Gasteiger partial charge < -0.3 is 4.74 Å². The maximum absolute atomic E-state index is 12.9. The van der Waals surface area contributed by atoms with E-state index in [0.717, 1.165) is 0 Å². The van der Waals surface area contributed by atoms with E-state index in [-0.39, 0.29) is 24.3 Å². The highest BCUT2D eigenvalue weighted by Crippen LogP contribution is 2.30. The molecular weight excluding hydrogens is 296 g/mol. The van der Waals surface area contributed by atoms with E-state index in [0.29, 0.717) is 10.0 Å². The fourth-order valence-electron chi connectivity index (χ4n) is 1.43. The summed E-state index contributed by atoms with van der Waals surface area (Å²) < 4.78 is 31.0. The van der Waals surface area contributed by atoms with Crippen molar-refractivity contribution in [3.05, 3.63) is 27.5 Å². The van der Waals surface area contributed by atoms with Crippen LogP contribution in [0.4, 0.5) is 8.78 Å². The molecule has 1 rings (SSSR count). The first-order chi connectivity index (χ1) is 7.97. The number of carbonyl (C=O) groups is 1. The number of carbonyl (C=O) groups excluding carboxylic acids is 1. The highest BCUT2D eigenvalue weighted by atomic mass is 79.9. The minimum Gasteiger partial charge on any atom is -0.466 e. The molecule has 0 N–H and O–H groups in total. The molecule has 0 fully saturated rings. The quantitative estimate of drug-likeness (QED) is 0.802. The van der Waals surface area contributed by atoms with Crippen LogP contribution in [0, 0.1) is 6.92 Å². The summed E-state index contributed by atoms with van der Waals surface area (Å²) >= 11 is 3.13. The van der Waals surface area contributed by atoms with Crippen LogP contribution in [0.3, 0.4) is 0 Å². The number of nitrogens with zero attached hydrogens (tertiary/aromatic N) is 1. The van der Waals surface area contributed by atoms with Gasteiger partial charge in [0.25, 0.3) is 6.43 Å². The summed E-state index contributed by atoms with van der Waals surface area (Å²) in [6, 6.07) is 0. The number of ether oxygens (including phenoxy) is 1. The molecule has 0 spiro atoms. The lowest BCUT2D eigenvalue weighted by molar-refractivity contribution is -0.142. The van der Waals surface area contributed by atoms with Gasteiger partial charge in [-0.15, -0.1) is 0 Å². The Bertz CT molecular complexity index is 424. The van der Waals surface area contributed by atoms with Gasteiger partial charge in [0, 0.05) is 16.2 Å². The van der Waals surface area contributed by atoms with E-state index in [1.807, 2.05) is 0 Å². The van der Waals surface area contributed by atoms with Crippen molar-refractivity contribution in [2.45, 2.75) is 26.7 Å². The molecule has 94 valence electrons. The summed E-state index contributed by atoms with van der Waals surface area (Å²) in [7, 11) is 0. The standard InChI is InChI=1S/C11H12BrF2NO2/c1-3-17-9(16)4-8-10(11(13)14)6(2)7(12)5-15-8/h5,11H,3-4H2,1-2H3. The lowest BCUT2D eigenvalue weighted by Gasteiger charge is -2.11. The highest BCUT2D eigenvalue weighted by molar-refractivity contribution is 9.10. The van der Waals surface area contributed by atoms with Crippen LogP contribution in [0.5, 0.6) is 0 Å². The summed E-state index contributed by atoms with van der Waals surface area (Å²) in [5.74, 6) is -0.552. The van der Waals surface area contributed by atoms with E-state index in [4.69, 9.17) is 4.74 Å². The van der Waals surface area contributed by atoms with E-state index in [2.05, 4.69) is 20.9 Å². The van der Waals surface area contributed by atoms with Crippen LogP contribution in [0.1, 0.15) is 30.2 Å². The highest BCUT2D eigenvalue weighted by Gasteiger charge is 2.21. The molecule has 1 aromatic heterocycles. The van der Waals surface area contributed by atoms with Crippen LogP contribution in [-0.2, 0) is 16.0 Å². The van der Waals surface area contributed by atoms with E-state index in [9.17, 15) is 13.6 Å². The second-order valence-electron chi connectivity index (χ2n) is 3.37. The van der Waals surface area contributed by atoms with Crippen molar-refractivity contribution in [1.29, 1.82) is 0 Å². The normalized spacial score (nSPS) is 10.7. The number of esters is 1. The molecule has 0 amide bonds. The van der Waals surface area contributed by atoms with E-state index in [1.165, 1.54) is 6.20 Å². The van der Waals surface area contributed by atoms with Gasteiger partial charge in [-0.05, 0) is 35.3 Å². The van der Waals surface area contributed by atoms with E-state index < -0.39 is 12.4 Å². The Kier molecular flexibility index (Phi) is 4.99. The van der Waals surface area contributed by atoms with E-state index in [1.54, 1.807) is 13.8 Å². The van der Waals surface area contributed by atoms with Crippen molar-refractivity contribution in [2.75, 3.05) is 6.61 Å². The average molecular weight is 308 g/mol. The van der Waals surface area contributed by atoms with Crippen molar-refractivity contribution < 1.29 is 18.3 Å². The van der Waals surface area contributed by atoms with Crippen LogP contribution in [0.15, 0.2) is 10.7 Å². The maximum Gasteiger partial charge on any atom is 0.311 e. The first-order valence-electron chi connectivity index (χ1n) is 5.05. The van der Waals surface area contributed by atoms with Gasteiger partial charge >= 0.3 is 5.97 Å². The van der Waals surface area contributed by atoms with Gasteiger partial charge in [0.1, 0.15) is 0 Å². The largest absolute Gasteiger partial charge is 0.466 e. The van der Waals surface area contributed by atoms with Crippen LogP contribution in [0.25, 0.3) is 0 Å². The van der Waals surface area contributed by atoms with Crippen molar-refractivity contribution in [1.82, 2.24) is 4.98 Å². The fraction of sp³-hybridized carbons (Fsp3) is 0.455. The molecule has 0 radical (unpaired) electrons. The van der Waals surface area contributed by atoms with Crippen molar-refractivity contribution >= 4 is 21.9 Å². The molecule has 3 nitrogen and oxygen atoms in total. The second-order valence-corrected chi connectivity index (χ2v) is 4.23. The van der Waals surface area contributed by atoms with Crippen LogP contribution < -0.4 is 0 Å². The molecule has 1 heterocycles. The summed E-state index contributed by atoms with van der Waals surface area (Å²) in [4.78, 5) is 15.1. The number of hydrogen-bond donors (Lipinski definition) is 0. The van der Waals surface area contributed by atoms with Gasteiger partial charge in [0.05, 0.1) is 18.7 Å². The SMILES string of the molecule is CCOC(=O)Cc1ncc(Br)c(C)c1C(F)F. The van der Waals surface area contributed by atoms with Gasteiger partial charge in [-0.1, -0.05) is 0 Å². The molecule has 0 aromatic carbocycles. The number of aromatic nitrogens is 1. The molecule has 6 heteroatoms. The third kappa shape index (κ3) is 3.46. The van der Waals surface area contributed by atoms with Crippen molar-refractivity contribution in [3.8, 4) is 0 Å². The predicted octanol–water partition coefficient (Wildman–Crippen LogP) is 3.20. The Morgan fingerprint density at radius 1 is 1.59 bits per heavy atom. The summed E-state index contributed by atoms with van der Waals surface area (Å²) in [6.07, 6.45) is -1.48. The topological polar surface area (TPSA) is 39.2 Å². The average Bonchev–Trinajstić information content (AvgIpc) is 2.23. The lowest BCUT2D eigenvalue weighted by atomic mass is 10.1. The predicted molar refractivity (Wildman–Crippen MR) is 62.0 cm³/mol. The molecule has 0 aliphatic heterocycles. The Hall–Kier alpha value is -1.04. The molecule has 0 bridgehead atoms. The van der Waals surface area contributed by atoms with Gasteiger partial charge in [-0.2, -0.15) is 0 Å². The smallest absolute Gasteiger partial charge is 0.311 e. The first-order valence-corrected chi connectivity index (χ1v) is 5.84. The Labute approximate surface area is 106 Å². The van der Waals surface area contributed by atoms with Gasteiger partial charge in [0.2, 0.25) is 0 Å². The third-order valence-corrected chi connectivity index (χ3v) is 3.04. The number of pyridine rings is 1. The molecule has 0 aliphatic carbocycles. The van der Waals surface area contributed by atoms with Crippen LogP contribution >= 0.6 is 15.9 Å². The maximum atomic E-state index is 12.9. The third-order valence-electron chi connectivity index (χ3n) is 2.24. The lowest BCUT2D eigenvalue weighted by Crippen LogP contribution is -2.12. The monoisotopic (exact) mass is 307 g/mol. The number of rotatable bonds is 4. The first kappa shape index (κ1) is 14.0. The van der Waals surface area contributed by atoms with Crippen molar-refractivity contribution in [2.24, 2.45) is 0 Å². The Morgan fingerprint density at radius 2 is 2.24 bits per heavy atom. The summed E-state index contributed by atoms with van der Waals surface area (Å²) in [5.41, 5.74) is 0.265. The second kappa shape index (κ2) is 6.05. The van der Waals surface area contributed by atoms with Crippen molar-refractivity contribution in [3.63, 3.8) is 0 Å². The van der Waals surface area contributed by atoms with Crippen LogP contribution in [0.2, 0.25) is 0 Å². The molecule has 0 atom stereocenters. The fourth-order valence-corrected chi connectivity index (χ4v) is 1.74.